The second kappa shape index (κ2) is 5.59. The van der Waals surface area contributed by atoms with E-state index in [9.17, 15) is 4.79 Å². The number of hydrogen-bond donors (Lipinski definition) is 0. The third-order valence-corrected chi connectivity index (χ3v) is 5.23. The van der Waals surface area contributed by atoms with Crippen molar-refractivity contribution in [2.45, 2.75) is 45.4 Å². The Hall–Kier alpha value is -1.31. The van der Waals surface area contributed by atoms with E-state index in [-0.39, 0.29) is 5.41 Å². The van der Waals surface area contributed by atoms with Crippen LogP contribution in [0.3, 0.4) is 0 Å². The number of rotatable bonds is 3. The van der Waals surface area contributed by atoms with Crippen LogP contribution in [0, 0.1) is 11.3 Å². The smallest absolute Gasteiger partial charge is 0.127 e. The van der Waals surface area contributed by atoms with Crippen LogP contribution in [0.1, 0.15) is 44.6 Å². The first-order valence-corrected chi connectivity index (χ1v) is 8.02. The topological polar surface area (TPSA) is 20.3 Å². The molecule has 1 aliphatic carbocycles. The highest BCUT2D eigenvalue weighted by Gasteiger charge is 2.36. The quantitative estimate of drug-likeness (QED) is 0.779. The Morgan fingerprint density at radius 1 is 1.30 bits per heavy atom. The Kier molecular flexibility index (Phi) is 3.82. The Labute approximate surface area is 122 Å². The van der Waals surface area contributed by atoms with Crippen LogP contribution in [0.25, 0.3) is 0 Å². The number of fused-ring (bicyclic) bond motifs is 1. The third kappa shape index (κ3) is 2.61. The fourth-order valence-electron chi connectivity index (χ4n) is 3.81. The van der Waals surface area contributed by atoms with Crippen LogP contribution in [0.4, 0.5) is 5.69 Å². The molecule has 0 bridgehead atoms. The summed E-state index contributed by atoms with van der Waals surface area (Å²) in [4.78, 5) is 14.2. The van der Waals surface area contributed by atoms with Crippen LogP contribution in [-0.4, -0.2) is 19.4 Å². The van der Waals surface area contributed by atoms with Crippen molar-refractivity contribution in [3.05, 3.63) is 29.8 Å². The van der Waals surface area contributed by atoms with Gasteiger partial charge in [-0.1, -0.05) is 25.1 Å². The molecule has 1 aromatic carbocycles. The van der Waals surface area contributed by atoms with Crippen molar-refractivity contribution in [3.63, 3.8) is 0 Å². The summed E-state index contributed by atoms with van der Waals surface area (Å²) in [6.07, 6.45) is 8.19. The zero-order chi connectivity index (χ0) is 14.0. The van der Waals surface area contributed by atoms with Crippen molar-refractivity contribution in [2.75, 3.05) is 18.0 Å². The third-order valence-electron chi connectivity index (χ3n) is 5.23. The summed E-state index contributed by atoms with van der Waals surface area (Å²) < 4.78 is 0. The van der Waals surface area contributed by atoms with Crippen molar-refractivity contribution >= 4 is 12.0 Å². The van der Waals surface area contributed by atoms with E-state index in [1.807, 2.05) is 0 Å². The molecule has 0 unspecified atom stereocenters. The molecule has 0 N–H and O–H groups in total. The lowest BCUT2D eigenvalue weighted by Crippen LogP contribution is -2.43. The molecule has 0 spiro atoms. The van der Waals surface area contributed by atoms with Crippen molar-refractivity contribution in [1.29, 1.82) is 0 Å². The summed E-state index contributed by atoms with van der Waals surface area (Å²) in [5.41, 5.74) is 2.71. The highest BCUT2D eigenvalue weighted by atomic mass is 16.1. The number of para-hydroxylation sites is 1. The number of anilines is 1. The Morgan fingerprint density at radius 2 is 2.05 bits per heavy atom. The Balaban J connectivity index is 1.79. The fourth-order valence-corrected chi connectivity index (χ4v) is 3.81. The molecule has 0 radical (unpaired) electrons. The van der Waals surface area contributed by atoms with E-state index in [1.165, 1.54) is 43.2 Å². The lowest BCUT2D eigenvalue weighted by atomic mass is 9.71. The van der Waals surface area contributed by atoms with E-state index in [0.717, 1.165) is 31.8 Å². The normalized spacial score (nSPS) is 29.9. The van der Waals surface area contributed by atoms with Gasteiger partial charge in [-0.2, -0.15) is 0 Å². The van der Waals surface area contributed by atoms with E-state index in [4.69, 9.17) is 0 Å². The highest BCUT2D eigenvalue weighted by molar-refractivity contribution is 5.63. The Morgan fingerprint density at radius 3 is 2.80 bits per heavy atom. The molecule has 0 amide bonds. The molecule has 2 aliphatic rings. The van der Waals surface area contributed by atoms with Crippen molar-refractivity contribution in [3.8, 4) is 0 Å². The molecular weight excluding hydrogens is 246 g/mol. The molecule has 1 aromatic rings. The molecule has 108 valence electrons. The number of aryl methyl sites for hydroxylation is 1. The van der Waals surface area contributed by atoms with Gasteiger partial charge in [-0.05, 0) is 56.1 Å². The molecule has 0 saturated heterocycles. The predicted molar refractivity (Wildman–Crippen MR) is 83.1 cm³/mol. The van der Waals surface area contributed by atoms with Crippen molar-refractivity contribution in [2.24, 2.45) is 11.3 Å². The van der Waals surface area contributed by atoms with E-state index >= 15 is 0 Å². The number of hydrogen-bond acceptors (Lipinski definition) is 2. The van der Waals surface area contributed by atoms with Gasteiger partial charge in [0, 0.05) is 24.2 Å². The minimum absolute atomic E-state index is 0.100. The van der Waals surface area contributed by atoms with Gasteiger partial charge in [-0.15, -0.1) is 0 Å². The van der Waals surface area contributed by atoms with E-state index in [2.05, 4.69) is 36.1 Å². The average molecular weight is 271 g/mol. The monoisotopic (exact) mass is 271 g/mol. The molecule has 1 aliphatic heterocycles. The maximum absolute atomic E-state index is 11.7. The van der Waals surface area contributed by atoms with Crippen LogP contribution < -0.4 is 4.90 Å². The fraction of sp³-hybridized carbons (Fsp3) is 0.611. The summed E-state index contributed by atoms with van der Waals surface area (Å²) in [6.45, 7) is 4.33. The molecule has 0 aromatic heterocycles. The number of carbonyl (C=O) groups excluding carboxylic acids is 1. The SMILES string of the molecule is CC1CCC(C=O)(CN2CCCc3ccccc32)CC1. The van der Waals surface area contributed by atoms with Gasteiger partial charge in [0.15, 0.2) is 0 Å². The van der Waals surface area contributed by atoms with Crippen LogP contribution in [0.5, 0.6) is 0 Å². The van der Waals surface area contributed by atoms with Crippen LogP contribution in [0.15, 0.2) is 24.3 Å². The standard InChI is InChI=1S/C18H25NO/c1-15-8-10-18(14-20,11-9-15)13-19-12-4-6-16-5-2-3-7-17(16)19/h2-3,5,7,14-15H,4,6,8-13H2,1H3. The van der Waals surface area contributed by atoms with Crippen molar-refractivity contribution < 1.29 is 4.79 Å². The summed E-state index contributed by atoms with van der Waals surface area (Å²) in [5, 5.41) is 0. The summed E-state index contributed by atoms with van der Waals surface area (Å²) in [7, 11) is 0. The van der Waals surface area contributed by atoms with Gasteiger partial charge in [0.05, 0.1) is 0 Å². The lowest BCUT2D eigenvalue weighted by molar-refractivity contribution is -0.117. The minimum Gasteiger partial charge on any atom is -0.370 e. The van der Waals surface area contributed by atoms with E-state index in [1.54, 1.807) is 0 Å². The molecule has 3 rings (SSSR count). The number of aldehydes is 1. The first-order chi connectivity index (χ1) is 9.72. The summed E-state index contributed by atoms with van der Waals surface area (Å²) >= 11 is 0. The average Bonchev–Trinajstić information content (AvgIpc) is 2.50. The maximum Gasteiger partial charge on any atom is 0.127 e. The first kappa shape index (κ1) is 13.7. The van der Waals surface area contributed by atoms with Gasteiger partial charge in [-0.25, -0.2) is 0 Å². The highest BCUT2D eigenvalue weighted by Crippen LogP contribution is 2.40. The van der Waals surface area contributed by atoms with E-state index < -0.39 is 0 Å². The molecule has 2 heteroatoms. The van der Waals surface area contributed by atoms with Crippen LogP contribution in [0.2, 0.25) is 0 Å². The van der Waals surface area contributed by atoms with Crippen molar-refractivity contribution in [1.82, 2.24) is 0 Å². The molecular formula is C18H25NO. The minimum atomic E-state index is -0.100. The zero-order valence-electron chi connectivity index (χ0n) is 12.5. The van der Waals surface area contributed by atoms with Gasteiger partial charge < -0.3 is 9.69 Å². The largest absolute Gasteiger partial charge is 0.370 e. The predicted octanol–water partition coefficient (Wildman–Crippen LogP) is 3.83. The van der Waals surface area contributed by atoms with Gasteiger partial charge in [-0.3, -0.25) is 0 Å². The number of carbonyl (C=O) groups is 1. The van der Waals surface area contributed by atoms with Gasteiger partial charge in [0.25, 0.3) is 0 Å². The van der Waals surface area contributed by atoms with Gasteiger partial charge >= 0.3 is 0 Å². The maximum atomic E-state index is 11.7. The molecule has 2 nitrogen and oxygen atoms in total. The second-order valence-electron chi connectivity index (χ2n) is 6.82. The summed E-state index contributed by atoms with van der Waals surface area (Å²) in [6, 6.07) is 8.70. The Bertz CT molecular complexity index is 474. The van der Waals surface area contributed by atoms with Gasteiger partial charge in [0.1, 0.15) is 6.29 Å². The van der Waals surface area contributed by atoms with Gasteiger partial charge in [0.2, 0.25) is 0 Å². The van der Waals surface area contributed by atoms with E-state index in [0.29, 0.717) is 0 Å². The number of nitrogens with zero attached hydrogens (tertiary/aromatic N) is 1. The van der Waals surface area contributed by atoms with Crippen LogP contribution in [-0.2, 0) is 11.2 Å². The molecule has 20 heavy (non-hydrogen) atoms. The number of benzene rings is 1. The molecule has 1 fully saturated rings. The van der Waals surface area contributed by atoms with Crippen LogP contribution >= 0.6 is 0 Å². The summed E-state index contributed by atoms with van der Waals surface area (Å²) in [5.74, 6) is 0.789. The molecule has 1 heterocycles. The molecule has 0 atom stereocenters. The molecule has 1 saturated carbocycles. The second-order valence-corrected chi connectivity index (χ2v) is 6.82. The first-order valence-electron chi connectivity index (χ1n) is 8.02. The lowest BCUT2D eigenvalue weighted by Gasteiger charge is -2.41. The zero-order valence-corrected chi connectivity index (χ0v) is 12.5.